The van der Waals surface area contributed by atoms with Crippen LogP contribution in [0.15, 0.2) is 23.1 Å². The van der Waals surface area contributed by atoms with Crippen LogP contribution >= 0.6 is 0 Å². The Labute approximate surface area is 102 Å². The third kappa shape index (κ3) is 3.45. The molecular formula is C9H11FN2O5S. The van der Waals surface area contributed by atoms with Crippen LogP contribution in [0.1, 0.15) is 6.92 Å². The number of nitro benzene ring substituents is 1. The van der Waals surface area contributed by atoms with Gasteiger partial charge in [0, 0.05) is 12.6 Å². The van der Waals surface area contributed by atoms with Crippen LogP contribution in [-0.2, 0) is 10.0 Å². The number of nitro groups is 1. The highest BCUT2D eigenvalue weighted by Gasteiger charge is 2.21. The molecule has 7 nitrogen and oxygen atoms in total. The van der Waals surface area contributed by atoms with Gasteiger partial charge < -0.3 is 5.11 Å². The molecule has 0 aliphatic heterocycles. The van der Waals surface area contributed by atoms with Gasteiger partial charge in [-0.2, -0.15) is 0 Å². The molecule has 1 rings (SSSR count). The molecule has 9 heteroatoms. The smallest absolute Gasteiger partial charge is 0.272 e. The van der Waals surface area contributed by atoms with Crippen LogP contribution in [-0.4, -0.2) is 31.1 Å². The number of rotatable bonds is 5. The molecule has 0 aliphatic rings. The summed E-state index contributed by atoms with van der Waals surface area (Å²) in [5.74, 6) is -1.22. The van der Waals surface area contributed by atoms with E-state index in [9.17, 15) is 22.9 Å². The predicted molar refractivity (Wildman–Crippen MR) is 59.9 cm³/mol. The summed E-state index contributed by atoms with van der Waals surface area (Å²) in [7, 11) is -4.14. The molecule has 0 radical (unpaired) electrons. The van der Waals surface area contributed by atoms with Gasteiger partial charge in [-0.25, -0.2) is 17.5 Å². The lowest BCUT2D eigenvalue weighted by molar-refractivity contribution is -0.385. The van der Waals surface area contributed by atoms with Crippen molar-refractivity contribution in [3.05, 3.63) is 34.1 Å². The van der Waals surface area contributed by atoms with Gasteiger partial charge in [-0.05, 0) is 13.0 Å². The molecule has 0 unspecified atom stereocenters. The standard InChI is InChI=1S/C9H11FN2O5S/c1-6(13)5-11-18(16,17)9-3-2-7(12(14)15)4-8(9)10/h2-4,6,11,13H,5H2,1H3/t6-/m0/s1. The van der Waals surface area contributed by atoms with Crippen molar-refractivity contribution in [2.24, 2.45) is 0 Å². The highest BCUT2D eigenvalue weighted by molar-refractivity contribution is 7.89. The molecule has 18 heavy (non-hydrogen) atoms. The number of sulfonamides is 1. The highest BCUT2D eigenvalue weighted by atomic mass is 32.2. The van der Waals surface area contributed by atoms with Gasteiger partial charge in [0.2, 0.25) is 10.0 Å². The summed E-state index contributed by atoms with van der Waals surface area (Å²) in [4.78, 5) is 8.84. The molecule has 0 saturated heterocycles. The van der Waals surface area contributed by atoms with Crippen molar-refractivity contribution in [2.75, 3.05) is 6.54 Å². The molecule has 0 aliphatic carbocycles. The summed E-state index contributed by atoms with van der Waals surface area (Å²) >= 11 is 0. The number of hydrogen-bond acceptors (Lipinski definition) is 5. The van der Waals surface area contributed by atoms with Crippen LogP contribution in [0.25, 0.3) is 0 Å². The van der Waals surface area contributed by atoms with E-state index in [1.54, 1.807) is 0 Å². The van der Waals surface area contributed by atoms with Crippen molar-refractivity contribution < 1.29 is 22.8 Å². The van der Waals surface area contributed by atoms with Gasteiger partial charge in [0.1, 0.15) is 10.7 Å². The summed E-state index contributed by atoms with van der Waals surface area (Å²) in [6, 6.07) is 2.22. The number of halogens is 1. The van der Waals surface area contributed by atoms with Crippen LogP contribution in [0.3, 0.4) is 0 Å². The normalized spacial score (nSPS) is 13.3. The molecule has 0 saturated carbocycles. The van der Waals surface area contributed by atoms with Crippen molar-refractivity contribution in [3.63, 3.8) is 0 Å². The second-order valence-corrected chi connectivity index (χ2v) is 5.31. The number of hydrogen-bond donors (Lipinski definition) is 2. The Morgan fingerprint density at radius 3 is 2.61 bits per heavy atom. The van der Waals surface area contributed by atoms with Crippen molar-refractivity contribution >= 4 is 15.7 Å². The fourth-order valence-electron chi connectivity index (χ4n) is 1.13. The zero-order chi connectivity index (χ0) is 13.9. The van der Waals surface area contributed by atoms with Crippen molar-refractivity contribution in [1.29, 1.82) is 0 Å². The molecule has 0 bridgehead atoms. The van der Waals surface area contributed by atoms with E-state index in [0.29, 0.717) is 6.07 Å². The van der Waals surface area contributed by atoms with Gasteiger partial charge in [0.05, 0.1) is 17.1 Å². The van der Waals surface area contributed by atoms with E-state index < -0.39 is 37.5 Å². The maximum Gasteiger partial charge on any atom is 0.272 e. The molecule has 1 aromatic rings. The van der Waals surface area contributed by atoms with E-state index in [1.807, 2.05) is 4.72 Å². The average molecular weight is 278 g/mol. The summed E-state index contributed by atoms with van der Waals surface area (Å²) in [6.07, 6.45) is -0.930. The lowest BCUT2D eigenvalue weighted by Crippen LogP contribution is -2.31. The van der Waals surface area contributed by atoms with Crippen LogP contribution in [0.2, 0.25) is 0 Å². The second kappa shape index (κ2) is 5.38. The zero-order valence-electron chi connectivity index (χ0n) is 9.33. The molecule has 1 aromatic carbocycles. The maximum atomic E-state index is 13.4. The van der Waals surface area contributed by atoms with E-state index in [-0.39, 0.29) is 6.54 Å². The fraction of sp³-hybridized carbons (Fsp3) is 0.333. The molecule has 0 aromatic heterocycles. The summed E-state index contributed by atoms with van der Waals surface area (Å²) in [5, 5.41) is 19.3. The van der Waals surface area contributed by atoms with Gasteiger partial charge in [-0.1, -0.05) is 0 Å². The van der Waals surface area contributed by atoms with Crippen molar-refractivity contribution in [3.8, 4) is 0 Å². The zero-order valence-corrected chi connectivity index (χ0v) is 10.1. The number of aliphatic hydroxyl groups excluding tert-OH is 1. The van der Waals surface area contributed by atoms with Gasteiger partial charge in [0.25, 0.3) is 5.69 Å². The van der Waals surface area contributed by atoms with E-state index in [2.05, 4.69) is 0 Å². The van der Waals surface area contributed by atoms with E-state index >= 15 is 0 Å². The van der Waals surface area contributed by atoms with Gasteiger partial charge in [-0.3, -0.25) is 10.1 Å². The Morgan fingerprint density at radius 1 is 1.56 bits per heavy atom. The molecular weight excluding hydrogens is 267 g/mol. The van der Waals surface area contributed by atoms with Gasteiger partial charge in [-0.15, -0.1) is 0 Å². The fourth-order valence-corrected chi connectivity index (χ4v) is 2.31. The van der Waals surface area contributed by atoms with E-state index in [4.69, 9.17) is 5.11 Å². The number of benzene rings is 1. The second-order valence-electron chi connectivity index (χ2n) is 3.57. The SMILES string of the molecule is C[C@H](O)CNS(=O)(=O)c1ccc([N+](=O)[O-])cc1F. The monoisotopic (exact) mass is 278 g/mol. The van der Waals surface area contributed by atoms with Crippen LogP contribution in [0.4, 0.5) is 10.1 Å². The Morgan fingerprint density at radius 2 is 2.17 bits per heavy atom. The first kappa shape index (κ1) is 14.5. The van der Waals surface area contributed by atoms with Gasteiger partial charge in [0.15, 0.2) is 0 Å². The summed E-state index contributed by atoms with van der Waals surface area (Å²) in [6.45, 7) is 1.08. The maximum absolute atomic E-state index is 13.4. The largest absolute Gasteiger partial charge is 0.392 e. The molecule has 1 atom stereocenters. The van der Waals surface area contributed by atoms with Crippen molar-refractivity contribution in [1.82, 2.24) is 4.72 Å². The molecule has 2 N–H and O–H groups in total. The van der Waals surface area contributed by atoms with Crippen molar-refractivity contribution in [2.45, 2.75) is 17.9 Å². The predicted octanol–water partition coefficient (Wildman–Crippen LogP) is 0.393. The summed E-state index contributed by atoms with van der Waals surface area (Å²) in [5.41, 5.74) is -0.540. The Balaban J connectivity index is 3.06. The molecule has 0 fully saturated rings. The third-order valence-corrected chi connectivity index (χ3v) is 3.44. The first-order valence-electron chi connectivity index (χ1n) is 4.85. The molecule has 0 amide bonds. The number of nitrogens with zero attached hydrogens (tertiary/aromatic N) is 1. The highest BCUT2D eigenvalue weighted by Crippen LogP contribution is 2.20. The van der Waals surface area contributed by atoms with Gasteiger partial charge >= 0.3 is 0 Å². The topological polar surface area (TPSA) is 110 Å². The van der Waals surface area contributed by atoms with Crippen LogP contribution < -0.4 is 4.72 Å². The number of aliphatic hydroxyl groups is 1. The minimum absolute atomic E-state index is 0.279. The lowest BCUT2D eigenvalue weighted by Gasteiger charge is -2.08. The Hall–Kier alpha value is -1.58. The Bertz CT molecular complexity index is 558. The Kier molecular flexibility index (Phi) is 4.33. The lowest BCUT2D eigenvalue weighted by atomic mass is 10.3. The molecule has 0 heterocycles. The number of nitrogens with one attached hydrogen (secondary N) is 1. The van der Waals surface area contributed by atoms with E-state index in [1.165, 1.54) is 6.92 Å². The first-order valence-corrected chi connectivity index (χ1v) is 6.34. The number of non-ortho nitro benzene ring substituents is 1. The van der Waals surface area contributed by atoms with Crippen LogP contribution in [0, 0.1) is 15.9 Å². The quantitative estimate of drug-likeness (QED) is 0.598. The molecule has 0 spiro atoms. The summed E-state index contributed by atoms with van der Waals surface area (Å²) < 4.78 is 38.6. The van der Waals surface area contributed by atoms with E-state index in [0.717, 1.165) is 12.1 Å². The average Bonchev–Trinajstić information content (AvgIpc) is 2.26. The minimum Gasteiger partial charge on any atom is -0.392 e. The van der Waals surface area contributed by atoms with Crippen LogP contribution in [0.5, 0.6) is 0 Å². The minimum atomic E-state index is -4.14. The first-order chi connectivity index (χ1) is 8.24. The molecule has 100 valence electrons. The third-order valence-electron chi connectivity index (χ3n) is 1.98.